The van der Waals surface area contributed by atoms with Crippen LogP contribution in [-0.2, 0) is 14.0 Å². The van der Waals surface area contributed by atoms with Gasteiger partial charge in [-0.1, -0.05) is 0 Å². The standard InChI is InChI=1S/C21H35BN4O4/c1-19(2,3)28-18(27)25(8)16-9-11-26(12-10-16)17-23-13-15(14-24-17)22-29-20(4,5)21(6,7)30-22/h13-14,16H,9-12H2,1-8H3. The summed E-state index contributed by atoms with van der Waals surface area (Å²) in [6.07, 6.45) is 4.98. The van der Waals surface area contributed by atoms with E-state index in [2.05, 4.69) is 14.9 Å². The van der Waals surface area contributed by atoms with Crippen molar-refractivity contribution >= 4 is 24.6 Å². The van der Waals surface area contributed by atoms with E-state index in [4.69, 9.17) is 14.0 Å². The van der Waals surface area contributed by atoms with Crippen molar-refractivity contribution in [2.75, 3.05) is 25.0 Å². The van der Waals surface area contributed by atoms with Gasteiger partial charge in [-0.25, -0.2) is 14.8 Å². The molecule has 166 valence electrons. The Morgan fingerprint density at radius 3 is 2.10 bits per heavy atom. The molecule has 0 atom stereocenters. The van der Waals surface area contributed by atoms with Crippen LogP contribution in [0, 0.1) is 0 Å². The van der Waals surface area contributed by atoms with Gasteiger partial charge in [-0.15, -0.1) is 0 Å². The Kier molecular flexibility index (Phi) is 6.08. The molecule has 9 heteroatoms. The summed E-state index contributed by atoms with van der Waals surface area (Å²) < 4.78 is 17.6. The second-order valence-corrected chi connectivity index (χ2v) is 10.2. The van der Waals surface area contributed by atoms with E-state index in [-0.39, 0.29) is 12.1 Å². The molecular formula is C21H35BN4O4. The summed E-state index contributed by atoms with van der Waals surface area (Å²) in [5, 5.41) is 0. The molecule has 2 aliphatic heterocycles. The fourth-order valence-electron chi connectivity index (χ4n) is 3.53. The van der Waals surface area contributed by atoms with Crippen LogP contribution in [0.3, 0.4) is 0 Å². The molecule has 1 aromatic heterocycles. The molecule has 0 aliphatic carbocycles. The summed E-state index contributed by atoms with van der Waals surface area (Å²) >= 11 is 0. The maximum Gasteiger partial charge on any atom is 0.498 e. The monoisotopic (exact) mass is 418 g/mol. The fraction of sp³-hybridized carbons (Fsp3) is 0.762. The van der Waals surface area contributed by atoms with Crippen LogP contribution in [0.15, 0.2) is 12.4 Å². The van der Waals surface area contributed by atoms with Crippen molar-refractivity contribution in [1.82, 2.24) is 14.9 Å². The van der Waals surface area contributed by atoms with Gasteiger partial charge in [0, 0.05) is 44.0 Å². The van der Waals surface area contributed by atoms with E-state index in [1.165, 1.54) is 0 Å². The van der Waals surface area contributed by atoms with Gasteiger partial charge in [0.25, 0.3) is 0 Å². The van der Waals surface area contributed by atoms with E-state index in [1.807, 2.05) is 55.5 Å². The summed E-state index contributed by atoms with van der Waals surface area (Å²) in [4.78, 5) is 25.3. The molecule has 2 saturated heterocycles. The SMILES string of the molecule is CN(C(=O)OC(C)(C)C)C1CCN(c2ncc(B3OC(C)(C)C(C)(C)O3)cn2)CC1. The third-order valence-corrected chi connectivity index (χ3v) is 6.16. The first-order chi connectivity index (χ1) is 13.8. The Bertz CT molecular complexity index is 739. The zero-order valence-corrected chi connectivity index (χ0v) is 19.6. The van der Waals surface area contributed by atoms with Crippen molar-refractivity contribution in [3.63, 3.8) is 0 Å². The number of carbonyl (C=O) groups is 1. The second-order valence-electron chi connectivity index (χ2n) is 10.2. The minimum absolute atomic E-state index is 0.153. The summed E-state index contributed by atoms with van der Waals surface area (Å²) in [6, 6.07) is 0.153. The van der Waals surface area contributed by atoms with Gasteiger partial charge < -0.3 is 23.8 Å². The molecule has 2 fully saturated rings. The first-order valence-corrected chi connectivity index (χ1v) is 10.7. The zero-order chi connectivity index (χ0) is 22.3. The van der Waals surface area contributed by atoms with Crippen molar-refractivity contribution in [2.45, 2.75) is 84.2 Å². The maximum atomic E-state index is 12.3. The van der Waals surface area contributed by atoms with Gasteiger partial charge >= 0.3 is 13.2 Å². The molecule has 1 aromatic rings. The Labute approximate surface area is 180 Å². The predicted molar refractivity (Wildman–Crippen MR) is 117 cm³/mol. The number of hydrogen-bond acceptors (Lipinski definition) is 7. The van der Waals surface area contributed by atoms with Crippen LogP contribution in [0.25, 0.3) is 0 Å². The maximum absolute atomic E-state index is 12.3. The first kappa shape index (κ1) is 22.8. The van der Waals surface area contributed by atoms with E-state index < -0.39 is 23.9 Å². The molecule has 0 saturated carbocycles. The molecule has 0 aromatic carbocycles. The van der Waals surface area contributed by atoms with E-state index in [0.717, 1.165) is 31.4 Å². The highest BCUT2D eigenvalue weighted by Crippen LogP contribution is 2.36. The van der Waals surface area contributed by atoms with Gasteiger partial charge in [0.05, 0.1) is 11.2 Å². The largest absolute Gasteiger partial charge is 0.498 e. The molecule has 0 unspecified atom stereocenters. The highest BCUT2D eigenvalue weighted by Gasteiger charge is 2.52. The lowest BCUT2D eigenvalue weighted by Gasteiger charge is -2.37. The average Bonchev–Trinajstić information content (AvgIpc) is 2.87. The minimum atomic E-state index is -0.487. The van der Waals surface area contributed by atoms with Gasteiger partial charge in [-0.2, -0.15) is 0 Å². The van der Waals surface area contributed by atoms with Crippen LogP contribution in [0.2, 0.25) is 0 Å². The van der Waals surface area contributed by atoms with Crippen LogP contribution >= 0.6 is 0 Å². The molecule has 0 bridgehead atoms. The molecule has 2 aliphatic rings. The number of rotatable bonds is 3. The van der Waals surface area contributed by atoms with Gasteiger partial charge in [-0.05, 0) is 61.3 Å². The second kappa shape index (κ2) is 8.00. The van der Waals surface area contributed by atoms with Crippen molar-refractivity contribution < 1.29 is 18.8 Å². The topological polar surface area (TPSA) is 77.0 Å². The third-order valence-electron chi connectivity index (χ3n) is 6.16. The molecule has 0 radical (unpaired) electrons. The van der Waals surface area contributed by atoms with E-state index in [0.29, 0.717) is 5.95 Å². The van der Waals surface area contributed by atoms with Gasteiger partial charge in [-0.3, -0.25) is 0 Å². The number of piperidine rings is 1. The number of ether oxygens (including phenoxy) is 1. The Morgan fingerprint density at radius 1 is 1.13 bits per heavy atom. The lowest BCUT2D eigenvalue weighted by Crippen LogP contribution is -2.47. The van der Waals surface area contributed by atoms with Crippen molar-refractivity contribution in [3.8, 4) is 0 Å². The van der Waals surface area contributed by atoms with Crippen molar-refractivity contribution in [1.29, 1.82) is 0 Å². The summed E-state index contributed by atoms with van der Waals surface area (Å²) in [7, 11) is 1.35. The summed E-state index contributed by atoms with van der Waals surface area (Å²) in [5.41, 5.74) is -0.452. The number of carbonyl (C=O) groups excluding carboxylic acids is 1. The Hall–Kier alpha value is -1.87. The van der Waals surface area contributed by atoms with Crippen LogP contribution in [-0.4, -0.2) is 71.1 Å². The molecule has 0 N–H and O–H groups in total. The fourth-order valence-corrected chi connectivity index (χ4v) is 3.53. The summed E-state index contributed by atoms with van der Waals surface area (Å²) in [5.74, 6) is 0.689. The highest BCUT2D eigenvalue weighted by atomic mass is 16.7. The summed E-state index contributed by atoms with van der Waals surface area (Å²) in [6.45, 7) is 15.3. The normalized spacial score (nSPS) is 21.6. The molecule has 30 heavy (non-hydrogen) atoms. The number of hydrogen-bond donors (Lipinski definition) is 0. The van der Waals surface area contributed by atoms with Crippen LogP contribution in [0.4, 0.5) is 10.7 Å². The smallest absolute Gasteiger partial charge is 0.444 e. The van der Waals surface area contributed by atoms with Crippen LogP contribution in [0.1, 0.15) is 61.3 Å². The number of aromatic nitrogens is 2. The minimum Gasteiger partial charge on any atom is -0.444 e. The lowest BCUT2D eigenvalue weighted by atomic mass is 9.81. The molecule has 0 spiro atoms. The van der Waals surface area contributed by atoms with Crippen molar-refractivity contribution in [2.24, 2.45) is 0 Å². The average molecular weight is 418 g/mol. The predicted octanol–water partition coefficient (Wildman–Crippen LogP) is 2.61. The molecule has 8 nitrogen and oxygen atoms in total. The first-order valence-electron chi connectivity index (χ1n) is 10.7. The Balaban J connectivity index is 1.56. The van der Waals surface area contributed by atoms with E-state index in [1.54, 1.807) is 17.3 Å². The zero-order valence-electron chi connectivity index (χ0n) is 19.6. The molecular weight excluding hydrogens is 383 g/mol. The van der Waals surface area contributed by atoms with Crippen molar-refractivity contribution in [3.05, 3.63) is 12.4 Å². The number of amides is 1. The third kappa shape index (κ3) is 4.89. The molecule has 1 amide bonds. The molecule has 3 heterocycles. The lowest BCUT2D eigenvalue weighted by molar-refractivity contribution is 0.00578. The number of nitrogens with zero attached hydrogens (tertiary/aromatic N) is 4. The van der Waals surface area contributed by atoms with E-state index >= 15 is 0 Å². The van der Waals surface area contributed by atoms with Gasteiger partial charge in [0.15, 0.2) is 0 Å². The highest BCUT2D eigenvalue weighted by molar-refractivity contribution is 6.61. The van der Waals surface area contributed by atoms with Gasteiger partial charge in [0.1, 0.15) is 5.60 Å². The Morgan fingerprint density at radius 2 is 1.63 bits per heavy atom. The van der Waals surface area contributed by atoms with Crippen LogP contribution in [0.5, 0.6) is 0 Å². The van der Waals surface area contributed by atoms with Crippen LogP contribution < -0.4 is 10.4 Å². The quantitative estimate of drug-likeness (QED) is 0.699. The van der Waals surface area contributed by atoms with E-state index in [9.17, 15) is 4.79 Å². The number of anilines is 1. The van der Waals surface area contributed by atoms with Gasteiger partial charge in [0.2, 0.25) is 5.95 Å². The molecule has 3 rings (SSSR count).